The van der Waals surface area contributed by atoms with E-state index in [0.717, 1.165) is 27.7 Å². The maximum atomic E-state index is 13.6. The first-order valence-electron chi connectivity index (χ1n) is 7.90. The van der Waals surface area contributed by atoms with Crippen molar-refractivity contribution in [3.05, 3.63) is 71.7 Å². The second-order valence-corrected chi connectivity index (χ2v) is 6.62. The topological polar surface area (TPSA) is 34.5 Å². The predicted molar refractivity (Wildman–Crippen MR) is 93.4 cm³/mol. The van der Waals surface area contributed by atoms with Gasteiger partial charge in [-0.05, 0) is 38.1 Å². The van der Waals surface area contributed by atoms with Crippen LogP contribution in [0.1, 0.15) is 25.0 Å². The summed E-state index contributed by atoms with van der Waals surface area (Å²) in [7, 11) is 0. The number of ether oxygens (including phenoxy) is 1. The molecule has 120 valence electrons. The van der Waals surface area contributed by atoms with E-state index in [0.29, 0.717) is 12.4 Å². The normalized spacial score (nSPS) is 16.0. The highest BCUT2D eigenvalue weighted by Gasteiger charge is 2.26. The minimum atomic E-state index is -0.406. The molecule has 0 N–H and O–H groups in total. The Morgan fingerprint density at radius 2 is 1.92 bits per heavy atom. The first-order valence-corrected chi connectivity index (χ1v) is 7.90. The Morgan fingerprint density at radius 1 is 1.08 bits per heavy atom. The van der Waals surface area contributed by atoms with E-state index in [1.165, 1.54) is 12.1 Å². The third kappa shape index (κ3) is 2.64. The molecular weight excluding hydrogens is 303 g/mol. The molecule has 1 aromatic heterocycles. The molecule has 0 spiro atoms. The van der Waals surface area contributed by atoms with Crippen LogP contribution in [0.4, 0.5) is 4.39 Å². The van der Waals surface area contributed by atoms with Crippen LogP contribution in [0.5, 0.6) is 5.75 Å². The number of aliphatic imine (C=N–C) groups is 1. The first-order chi connectivity index (χ1) is 11.5. The number of halogens is 1. The molecule has 1 aliphatic rings. The fourth-order valence-corrected chi connectivity index (χ4v) is 2.88. The van der Waals surface area contributed by atoms with Gasteiger partial charge >= 0.3 is 0 Å². The lowest BCUT2D eigenvalue weighted by molar-refractivity contribution is 0.248. The van der Waals surface area contributed by atoms with Gasteiger partial charge in [0.05, 0.1) is 16.8 Å². The first kappa shape index (κ1) is 14.8. The summed E-state index contributed by atoms with van der Waals surface area (Å²) in [5.74, 6) is 0.205. The molecule has 1 aliphatic heterocycles. The van der Waals surface area contributed by atoms with Crippen molar-refractivity contribution >= 4 is 16.6 Å². The molecule has 0 radical (unpaired) electrons. The van der Waals surface area contributed by atoms with Crippen molar-refractivity contribution in [2.75, 3.05) is 6.61 Å². The lowest BCUT2D eigenvalue weighted by Gasteiger charge is -2.18. The number of hydrogen-bond donors (Lipinski definition) is 0. The summed E-state index contributed by atoms with van der Waals surface area (Å²) in [4.78, 5) is 9.41. The molecule has 0 bridgehead atoms. The van der Waals surface area contributed by atoms with Crippen LogP contribution in [0.2, 0.25) is 0 Å². The van der Waals surface area contributed by atoms with E-state index in [4.69, 9.17) is 9.73 Å². The fourth-order valence-electron chi connectivity index (χ4n) is 2.88. The minimum absolute atomic E-state index is 0.315. The van der Waals surface area contributed by atoms with Gasteiger partial charge in [0.15, 0.2) is 0 Å². The SMILES string of the molecule is CC1(C)COc2cc(F)ccc2C(c2cnc3ccccc3c2)=N1. The molecule has 0 saturated heterocycles. The van der Waals surface area contributed by atoms with Crippen molar-refractivity contribution in [2.24, 2.45) is 4.99 Å². The van der Waals surface area contributed by atoms with E-state index in [9.17, 15) is 4.39 Å². The molecule has 0 atom stereocenters. The number of rotatable bonds is 1. The van der Waals surface area contributed by atoms with Gasteiger partial charge in [-0.25, -0.2) is 4.39 Å². The van der Waals surface area contributed by atoms with Crippen molar-refractivity contribution in [1.82, 2.24) is 4.98 Å². The van der Waals surface area contributed by atoms with E-state index < -0.39 is 5.54 Å². The van der Waals surface area contributed by atoms with Gasteiger partial charge in [-0.2, -0.15) is 0 Å². The number of benzene rings is 2. The predicted octanol–water partition coefficient (Wildman–Crippen LogP) is 4.38. The zero-order valence-electron chi connectivity index (χ0n) is 13.6. The average Bonchev–Trinajstić information content (AvgIpc) is 2.71. The number of fused-ring (bicyclic) bond motifs is 2. The molecule has 2 aromatic carbocycles. The Bertz CT molecular complexity index is 963. The molecule has 3 nitrogen and oxygen atoms in total. The lowest BCUT2D eigenvalue weighted by Crippen LogP contribution is -2.26. The lowest BCUT2D eigenvalue weighted by atomic mass is 10.00. The molecule has 0 unspecified atom stereocenters. The highest BCUT2D eigenvalue weighted by atomic mass is 19.1. The van der Waals surface area contributed by atoms with Crippen LogP contribution >= 0.6 is 0 Å². The quantitative estimate of drug-likeness (QED) is 0.667. The van der Waals surface area contributed by atoms with Crippen LogP contribution in [0.15, 0.2) is 59.7 Å². The summed E-state index contributed by atoms with van der Waals surface area (Å²) in [5.41, 5.74) is 3.01. The van der Waals surface area contributed by atoms with E-state index in [2.05, 4.69) is 11.1 Å². The minimum Gasteiger partial charge on any atom is -0.490 e. The van der Waals surface area contributed by atoms with Gasteiger partial charge in [0, 0.05) is 28.8 Å². The van der Waals surface area contributed by atoms with Gasteiger partial charge < -0.3 is 4.74 Å². The van der Waals surface area contributed by atoms with E-state index in [1.807, 2.05) is 44.3 Å². The van der Waals surface area contributed by atoms with Crippen LogP contribution in [-0.2, 0) is 0 Å². The van der Waals surface area contributed by atoms with E-state index in [-0.39, 0.29) is 5.82 Å². The van der Waals surface area contributed by atoms with Crippen molar-refractivity contribution in [3.8, 4) is 5.75 Å². The molecule has 3 aromatic rings. The van der Waals surface area contributed by atoms with Crippen LogP contribution < -0.4 is 4.74 Å². The van der Waals surface area contributed by atoms with Gasteiger partial charge in [-0.3, -0.25) is 9.98 Å². The Kier molecular flexibility index (Phi) is 3.34. The second kappa shape index (κ2) is 5.41. The van der Waals surface area contributed by atoms with Gasteiger partial charge in [-0.1, -0.05) is 18.2 Å². The van der Waals surface area contributed by atoms with Crippen molar-refractivity contribution in [2.45, 2.75) is 19.4 Å². The van der Waals surface area contributed by atoms with Crippen LogP contribution in [0, 0.1) is 5.82 Å². The molecule has 2 heterocycles. The molecule has 4 rings (SSSR count). The maximum Gasteiger partial charge on any atom is 0.131 e. The monoisotopic (exact) mass is 320 g/mol. The molecule has 0 amide bonds. The Labute approximate surface area is 139 Å². The average molecular weight is 320 g/mol. The van der Waals surface area contributed by atoms with Crippen LogP contribution in [-0.4, -0.2) is 22.8 Å². The molecular formula is C20H17FN2O. The summed E-state index contributed by atoms with van der Waals surface area (Å²) in [6.45, 7) is 4.40. The fraction of sp³-hybridized carbons (Fsp3) is 0.200. The molecule has 24 heavy (non-hydrogen) atoms. The number of nitrogens with zero attached hydrogens (tertiary/aromatic N) is 2. The summed E-state index contributed by atoms with van der Waals surface area (Å²) < 4.78 is 19.4. The zero-order valence-corrected chi connectivity index (χ0v) is 13.6. The summed E-state index contributed by atoms with van der Waals surface area (Å²) in [5, 5.41) is 1.05. The van der Waals surface area contributed by atoms with Crippen molar-refractivity contribution < 1.29 is 9.13 Å². The maximum absolute atomic E-state index is 13.6. The number of pyridine rings is 1. The summed E-state index contributed by atoms with van der Waals surface area (Å²) in [6.07, 6.45) is 1.82. The molecule has 4 heteroatoms. The summed E-state index contributed by atoms with van der Waals surface area (Å²) in [6, 6.07) is 14.6. The third-order valence-electron chi connectivity index (χ3n) is 4.06. The van der Waals surface area contributed by atoms with Gasteiger partial charge in [0.2, 0.25) is 0 Å². The number of para-hydroxylation sites is 1. The highest BCUT2D eigenvalue weighted by molar-refractivity contribution is 6.15. The molecule has 0 fully saturated rings. The van der Waals surface area contributed by atoms with E-state index in [1.54, 1.807) is 6.07 Å². The zero-order chi connectivity index (χ0) is 16.7. The highest BCUT2D eigenvalue weighted by Crippen LogP contribution is 2.30. The van der Waals surface area contributed by atoms with E-state index >= 15 is 0 Å². The van der Waals surface area contributed by atoms with Crippen LogP contribution in [0.25, 0.3) is 10.9 Å². The van der Waals surface area contributed by atoms with Crippen LogP contribution in [0.3, 0.4) is 0 Å². The van der Waals surface area contributed by atoms with Gasteiger partial charge in [0.1, 0.15) is 18.2 Å². The number of hydrogen-bond acceptors (Lipinski definition) is 3. The third-order valence-corrected chi connectivity index (χ3v) is 4.06. The molecule has 0 saturated carbocycles. The Balaban J connectivity index is 1.94. The smallest absolute Gasteiger partial charge is 0.131 e. The summed E-state index contributed by atoms with van der Waals surface area (Å²) >= 11 is 0. The largest absolute Gasteiger partial charge is 0.490 e. The second-order valence-electron chi connectivity index (χ2n) is 6.62. The van der Waals surface area contributed by atoms with Gasteiger partial charge in [0.25, 0.3) is 0 Å². The van der Waals surface area contributed by atoms with Crippen molar-refractivity contribution in [3.63, 3.8) is 0 Å². The standard InChI is InChI=1S/C20H17FN2O/c1-20(2)12-24-18-10-15(21)7-8-16(18)19(23-20)14-9-13-5-3-4-6-17(13)22-11-14/h3-11H,12H2,1-2H3. The van der Waals surface area contributed by atoms with Crippen molar-refractivity contribution in [1.29, 1.82) is 0 Å². The number of aromatic nitrogens is 1. The Morgan fingerprint density at radius 3 is 2.79 bits per heavy atom. The molecule has 0 aliphatic carbocycles. The van der Waals surface area contributed by atoms with Gasteiger partial charge in [-0.15, -0.1) is 0 Å². The Hall–Kier alpha value is -2.75.